The van der Waals surface area contributed by atoms with Crippen molar-refractivity contribution in [2.45, 2.75) is 33.6 Å². The van der Waals surface area contributed by atoms with Gasteiger partial charge in [-0.25, -0.2) is 9.97 Å². The number of hydrogen-bond donors (Lipinski definition) is 1. The Morgan fingerprint density at radius 1 is 1.33 bits per heavy atom. The van der Waals surface area contributed by atoms with Crippen molar-refractivity contribution in [3.63, 3.8) is 0 Å². The van der Waals surface area contributed by atoms with E-state index in [-0.39, 0.29) is 5.91 Å². The second-order valence-electron chi connectivity index (χ2n) is 3.53. The van der Waals surface area contributed by atoms with Crippen LogP contribution < -0.4 is 5.32 Å². The number of aromatic nitrogens is 2. The molecule has 0 spiro atoms. The molecule has 0 bridgehead atoms. The molecule has 4 heteroatoms. The van der Waals surface area contributed by atoms with Gasteiger partial charge < -0.3 is 5.32 Å². The minimum atomic E-state index is -0.0703. The van der Waals surface area contributed by atoms with Crippen LogP contribution in [0, 0.1) is 13.8 Å². The number of carbonyl (C=O) groups is 1. The van der Waals surface area contributed by atoms with Crippen molar-refractivity contribution in [1.82, 2.24) is 15.3 Å². The normalized spacial score (nSPS) is 10.1. The molecule has 0 radical (unpaired) electrons. The van der Waals surface area contributed by atoms with Gasteiger partial charge in [-0.3, -0.25) is 4.79 Å². The van der Waals surface area contributed by atoms with Gasteiger partial charge in [0.05, 0.1) is 17.0 Å². The third-order valence-corrected chi connectivity index (χ3v) is 2.27. The van der Waals surface area contributed by atoms with Gasteiger partial charge in [0.15, 0.2) is 0 Å². The molecular formula is C11H17N3O. The second-order valence-corrected chi connectivity index (χ2v) is 3.53. The predicted molar refractivity (Wildman–Crippen MR) is 58.7 cm³/mol. The average Bonchev–Trinajstić information content (AvgIpc) is 2.18. The van der Waals surface area contributed by atoms with Crippen LogP contribution in [0.3, 0.4) is 0 Å². The molecule has 0 saturated heterocycles. The number of hydrogen-bond acceptors (Lipinski definition) is 3. The summed E-state index contributed by atoms with van der Waals surface area (Å²) in [6, 6.07) is 0. The lowest BCUT2D eigenvalue weighted by Gasteiger charge is -2.08. The molecule has 1 amide bonds. The van der Waals surface area contributed by atoms with E-state index in [9.17, 15) is 4.79 Å². The Kier molecular flexibility index (Phi) is 4.21. The number of nitrogens with one attached hydrogen (secondary N) is 1. The Bertz CT molecular complexity index is 329. The molecule has 0 aliphatic carbocycles. The van der Waals surface area contributed by atoms with Crippen molar-refractivity contribution in [1.29, 1.82) is 0 Å². The van der Waals surface area contributed by atoms with Crippen LogP contribution in [-0.4, -0.2) is 22.4 Å². The lowest BCUT2D eigenvalue weighted by Crippen LogP contribution is -2.26. The number of aryl methyl sites for hydroxylation is 2. The highest BCUT2D eigenvalue weighted by Crippen LogP contribution is 2.07. The van der Waals surface area contributed by atoms with Gasteiger partial charge in [0, 0.05) is 6.54 Å². The highest BCUT2D eigenvalue weighted by atomic mass is 16.1. The van der Waals surface area contributed by atoms with Crippen LogP contribution in [0.2, 0.25) is 0 Å². The summed E-state index contributed by atoms with van der Waals surface area (Å²) in [6.07, 6.45) is 3.55. The monoisotopic (exact) mass is 207 g/mol. The molecule has 0 aliphatic heterocycles. The van der Waals surface area contributed by atoms with Gasteiger partial charge in [-0.15, -0.1) is 0 Å². The Labute approximate surface area is 90.1 Å². The molecule has 0 atom stereocenters. The Morgan fingerprint density at radius 2 is 1.93 bits per heavy atom. The molecule has 1 N–H and O–H groups in total. The molecule has 82 valence electrons. The summed E-state index contributed by atoms with van der Waals surface area (Å²) in [5, 5.41) is 2.86. The fourth-order valence-electron chi connectivity index (χ4n) is 1.39. The summed E-state index contributed by atoms with van der Waals surface area (Å²) in [5.74, 6) is -0.0703. The first kappa shape index (κ1) is 11.6. The Balaban J connectivity index is 2.73. The second kappa shape index (κ2) is 5.44. The summed E-state index contributed by atoms with van der Waals surface area (Å²) >= 11 is 0. The fraction of sp³-hybridized carbons (Fsp3) is 0.545. The quantitative estimate of drug-likeness (QED) is 0.763. The minimum Gasteiger partial charge on any atom is -0.352 e. The van der Waals surface area contributed by atoms with Crippen molar-refractivity contribution >= 4 is 5.91 Å². The van der Waals surface area contributed by atoms with Gasteiger partial charge >= 0.3 is 0 Å². The van der Waals surface area contributed by atoms with Crippen LogP contribution in [0.5, 0.6) is 0 Å². The van der Waals surface area contributed by atoms with E-state index in [1.54, 1.807) is 0 Å². The molecule has 0 fully saturated rings. The first-order chi connectivity index (χ1) is 7.16. The van der Waals surface area contributed by atoms with Crippen LogP contribution in [0.1, 0.15) is 41.5 Å². The maximum absolute atomic E-state index is 11.8. The molecule has 0 aliphatic rings. The first-order valence-corrected chi connectivity index (χ1v) is 5.23. The highest BCUT2D eigenvalue weighted by Gasteiger charge is 2.12. The first-order valence-electron chi connectivity index (χ1n) is 5.23. The summed E-state index contributed by atoms with van der Waals surface area (Å²) < 4.78 is 0. The Morgan fingerprint density at radius 3 is 2.47 bits per heavy atom. The zero-order valence-electron chi connectivity index (χ0n) is 9.50. The van der Waals surface area contributed by atoms with Gasteiger partial charge in [-0.05, 0) is 20.3 Å². The van der Waals surface area contributed by atoms with Crippen molar-refractivity contribution in [3.8, 4) is 0 Å². The van der Waals surface area contributed by atoms with Gasteiger partial charge in [0.2, 0.25) is 0 Å². The fourth-order valence-corrected chi connectivity index (χ4v) is 1.39. The van der Waals surface area contributed by atoms with E-state index in [2.05, 4.69) is 22.2 Å². The lowest BCUT2D eigenvalue weighted by atomic mass is 10.1. The predicted octanol–water partition coefficient (Wildman–Crippen LogP) is 1.62. The SMILES string of the molecule is CCCCNC(=O)c1c(C)ncnc1C. The van der Waals surface area contributed by atoms with Crippen molar-refractivity contribution in [2.24, 2.45) is 0 Å². The van der Waals surface area contributed by atoms with Crippen LogP contribution in [0.15, 0.2) is 6.33 Å². The van der Waals surface area contributed by atoms with E-state index in [4.69, 9.17) is 0 Å². The van der Waals surface area contributed by atoms with E-state index in [1.807, 2.05) is 13.8 Å². The summed E-state index contributed by atoms with van der Waals surface area (Å²) in [7, 11) is 0. The van der Waals surface area contributed by atoms with E-state index in [0.717, 1.165) is 24.2 Å². The van der Waals surface area contributed by atoms with Crippen LogP contribution in [-0.2, 0) is 0 Å². The zero-order valence-corrected chi connectivity index (χ0v) is 9.50. The highest BCUT2D eigenvalue weighted by molar-refractivity contribution is 5.96. The number of unbranched alkanes of at least 4 members (excludes halogenated alkanes) is 1. The maximum atomic E-state index is 11.8. The molecule has 4 nitrogen and oxygen atoms in total. The molecule has 0 saturated carbocycles. The van der Waals surface area contributed by atoms with Crippen molar-refractivity contribution in [2.75, 3.05) is 6.54 Å². The van der Waals surface area contributed by atoms with E-state index >= 15 is 0 Å². The molecule has 15 heavy (non-hydrogen) atoms. The molecule has 0 unspecified atom stereocenters. The third kappa shape index (κ3) is 3.01. The lowest BCUT2D eigenvalue weighted by molar-refractivity contribution is 0.0951. The molecular weight excluding hydrogens is 190 g/mol. The van der Waals surface area contributed by atoms with Gasteiger partial charge in [0.25, 0.3) is 5.91 Å². The standard InChI is InChI=1S/C11H17N3O/c1-4-5-6-12-11(15)10-8(2)13-7-14-9(10)3/h7H,4-6H2,1-3H3,(H,12,15). The largest absolute Gasteiger partial charge is 0.352 e. The van der Waals surface area contributed by atoms with Gasteiger partial charge in [0.1, 0.15) is 6.33 Å². The van der Waals surface area contributed by atoms with Gasteiger partial charge in [-0.2, -0.15) is 0 Å². The van der Waals surface area contributed by atoms with Crippen LogP contribution in [0.4, 0.5) is 0 Å². The van der Waals surface area contributed by atoms with Gasteiger partial charge in [-0.1, -0.05) is 13.3 Å². The molecule has 1 rings (SSSR count). The van der Waals surface area contributed by atoms with Crippen molar-refractivity contribution < 1.29 is 4.79 Å². The third-order valence-electron chi connectivity index (χ3n) is 2.27. The van der Waals surface area contributed by atoms with E-state index in [0.29, 0.717) is 12.1 Å². The van der Waals surface area contributed by atoms with Crippen molar-refractivity contribution in [3.05, 3.63) is 23.3 Å². The molecule has 1 heterocycles. The summed E-state index contributed by atoms with van der Waals surface area (Å²) in [4.78, 5) is 19.8. The molecule has 1 aromatic rings. The van der Waals surface area contributed by atoms with Crippen LogP contribution >= 0.6 is 0 Å². The topological polar surface area (TPSA) is 54.9 Å². The van der Waals surface area contributed by atoms with E-state index < -0.39 is 0 Å². The molecule has 1 aromatic heterocycles. The number of nitrogens with zero attached hydrogens (tertiary/aromatic N) is 2. The molecule has 0 aromatic carbocycles. The van der Waals surface area contributed by atoms with E-state index in [1.165, 1.54) is 6.33 Å². The smallest absolute Gasteiger partial charge is 0.254 e. The number of rotatable bonds is 4. The number of amides is 1. The number of carbonyl (C=O) groups excluding carboxylic acids is 1. The summed E-state index contributed by atoms with van der Waals surface area (Å²) in [6.45, 7) is 6.45. The zero-order chi connectivity index (χ0) is 11.3. The van der Waals surface area contributed by atoms with Crippen LogP contribution in [0.25, 0.3) is 0 Å². The maximum Gasteiger partial charge on any atom is 0.254 e. The summed E-state index contributed by atoms with van der Waals surface area (Å²) in [5.41, 5.74) is 2.07. The Hall–Kier alpha value is -1.45. The minimum absolute atomic E-state index is 0.0703. The average molecular weight is 207 g/mol.